The fourth-order valence-electron chi connectivity index (χ4n) is 11.2. The second kappa shape index (κ2) is 44.5. The van der Waals surface area contributed by atoms with Crippen molar-refractivity contribution in [2.24, 2.45) is 0 Å². The van der Waals surface area contributed by atoms with Gasteiger partial charge in [-0.3, -0.25) is 0 Å². The van der Waals surface area contributed by atoms with Crippen LogP contribution in [0.2, 0.25) is 0 Å². The first-order valence-electron chi connectivity index (χ1n) is 31.5. The lowest BCUT2D eigenvalue weighted by atomic mass is 9.93. The summed E-state index contributed by atoms with van der Waals surface area (Å²) in [6.07, 6.45) is 70.5. The van der Waals surface area contributed by atoms with E-state index in [-0.39, 0.29) is 0 Å². The molecule has 0 unspecified atom stereocenters. The van der Waals surface area contributed by atoms with Gasteiger partial charge in [0.15, 0.2) is 0 Å². The molecule has 0 aromatic heterocycles. The van der Waals surface area contributed by atoms with Crippen LogP contribution in [0, 0.1) is 0 Å². The molecule has 71 heavy (non-hydrogen) atoms. The van der Waals surface area contributed by atoms with Gasteiger partial charge in [0.2, 0.25) is 11.4 Å². The second-order valence-corrected chi connectivity index (χ2v) is 22.1. The van der Waals surface area contributed by atoms with Crippen LogP contribution in [-0.4, -0.2) is 4.70 Å². The molecule has 2 aromatic carbocycles. The molecule has 0 fully saturated rings. The molecule has 0 atom stereocenters. The van der Waals surface area contributed by atoms with Crippen molar-refractivity contribution in [1.82, 2.24) is 0 Å². The average Bonchev–Trinajstić information content (AvgIpc) is 3.63. The van der Waals surface area contributed by atoms with Gasteiger partial charge < -0.3 is 5.53 Å². The molecular formula is C69H114N2. The van der Waals surface area contributed by atoms with Crippen molar-refractivity contribution in [1.29, 1.82) is 0 Å². The average molecular weight is 972 g/mol. The first-order valence-corrected chi connectivity index (χ1v) is 31.5. The number of unbranched alkanes of at least 4 members (excludes halogenated alkanes) is 37. The summed E-state index contributed by atoms with van der Waals surface area (Å²) < 4.78 is 1.58. The minimum absolute atomic E-state index is 0.984. The third kappa shape index (κ3) is 28.9. The molecular weight excluding hydrogens is 857 g/mol. The number of aryl methyl sites for hydroxylation is 2. The smallest absolute Gasteiger partial charge is 0.211 e. The van der Waals surface area contributed by atoms with Crippen molar-refractivity contribution < 1.29 is 4.70 Å². The first kappa shape index (κ1) is 62.3. The van der Waals surface area contributed by atoms with E-state index in [0.29, 0.717) is 0 Å². The van der Waals surface area contributed by atoms with Gasteiger partial charge in [0.1, 0.15) is 0 Å². The van der Waals surface area contributed by atoms with Crippen LogP contribution in [0.5, 0.6) is 0 Å². The highest BCUT2D eigenvalue weighted by Gasteiger charge is 2.35. The van der Waals surface area contributed by atoms with E-state index in [1.807, 2.05) is 0 Å². The number of rotatable bonds is 49. The summed E-state index contributed by atoms with van der Waals surface area (Å²) in [4.78, 5) is 0. The number of allylic oxidation sites excluding steroid dienone is 6. The summed E-state index contributed by atoms with van der Waals surface area (Å²) >= 11 is 0. The SMILES string of the molecule is CCCCCCCCCCCCCCCCCCCC=CCCCc1ccccc1C1=C(C)C(CCCC)=C(c2ccccc2CCCC=CCCCCCCCCCCCCCCCCCCC)[N+]1=[N-]. The lowest BCUT2D eigenvalue weighted by Crippen LogP contribution is -2.06. The van der Waals surface area contributed by atoms with Crippen molar-refractivity contribution in [3.05, 3.63) is 112 Å². The Labute approximate surface area is 442 Å². The zero-order valence-electron chi connectivity index (χ0n) is 47.6. The van der Waals surface area contributed by atoms with Crippen molar-refractivity contribution in [3.63, 3.8) is 0 Å². The summed E-state index contributed by atoms with van der Waals surface area (Å²) in [5.41, 5.74) is 21.9. The summed E-state index contributed by atoms with van der Waals surface area (Å²) in [5, 5.41) is 0. The fraction of sp³-hybridized carbons (Fsp3) is 0.710. The highest BCUT2D eigenvalue weighted by atomic mass is 15.2. The molecule has 1 aliphatic rings. The lowest BCUT2D eigenvalue weighted by Gasteiger charge is -2.15. The van der Waals surface area contributed by atoms with Crippen LogP contribution in [0.1, 0.15) is 326 Å². The first-order chi connectivity index (χ1) is 35.1. The normalized spacial score (nSPS) is 13.2. The highest BCUT2D eigenvalue weighted by molar-refractivity contribution is 5.83. The van der Waals surface area contributed by atoms with Gasteiger partial charge in [-0.2, -0.15) is 0 Å². The Balaban J connectivity index is 1.32. The molecule has 1 heterocycles. The summed E-state index contributed by atoms with van der Waals surface area (Å²) in [5.74, 6) is 0. The summed E-state index contributed by atoms with van der Waals surface area (Å²) in [7, 11) is 0. The van der Waals surface area contributed by atoms with Gasteiger partial charge in [0, 0.05) is 22.3 Å². The Bertz CT molecular complexity index is 1720. The van der Waals surface area contributed by atoms with E-state index in [1.54, 1.807) is 4.70 Å². The van der Waals surface area contributed by atoms with E-state index in [1.165, 1.54) is 265 Å². The largest absolute Gasteiger partial charge is 0.493 e. The molecule has 0 spiro atoms. The van der Waals surface area contributed by atoms with Gasteiger partial charge in [-0.25, -0.2) is 4.70 Å². The zero-order valence-corrected chi connectivity index (χ0v) is 47.6. The maximum Gasteiger partial charge on any atom is 0.211 e. The standard InChI is InChI=1S/C69H114N2/c1-5-8-11-13-15-17-19-21-23-25-27-29-31-33-35-37-39-41-43-45-47-49-55-63-57-51-53-60-66(63)68-62(4)65(59-10-7-3)69(71(68)70)67-61-54-52-58-64(67)56-50-48-46-44-42-40-38-36-34-32-30-28-26-24-22-20-18-16-14-12-9-6-2/h43-46,51-54,57-58,60-61H,5-42,47-50,55-56,59H2,1-4H3. The highest BCUT2D eigenvalue weighted by Crippen LogP contribution is 2.44. The Morgan fingerprint density at radius 1 is 0.324 bits per heavy atom. The Kier molecular flexibility index (Phi) is 39.0. The van der Waals surface area contributed by atoms with Crippen molar-refractivity contribution in [2.45, 2.75) is 317 Å². The number of benzene rings is 2. The van der Waals surface area contributed by atoms with Crippen molar-refractivity contribution >= 4 is 11.4 Å². The molecule has 3 rings (SSSR count). The van der Waals surface area contributed by atoms with Crippen LogP contribution in [0.3, 0.4) is 0 Å². The molecule has 2 heteroatoms. The van der Waals surface area contributed by atoms with Crippen LogP contribution < -0.4 is 0 Å². The number of hydrogen-bond donors (Lipinski definition) is 0. The molecule has 0 bridgehead atoms. The van der Waals surface area contributed by atoms with E-state index < -0.39 is 0 Å². The van der Waals surface area contributed by atoms with E-state index in [4.69, 9.17) is 0 Å². The van der Waals surface area contributed by atoms with E-state index >= 15 is 0 Å². The van der Waals surface area contributed by atoms with Crippen molar-refractivity contribution in [3.8, 4) is 0 Å². The zero-order chi connectivity index (χ0) is 50.5. The van der Waals surface area contributed by atoms with Crippen molar-refractivity contribution in [2.75, 3.05) is 0 Å². The van der Waals surface area contributed by atoms with E-state index in [0.717, 1.165) is 69.2 Å². The van der Waals surface area contributed by atoms with Gasteiger partial charge in [-0.05, 0) is 107 Å². The van der Waals surface area contributed by atoms with Crippen LogP contribution in [0.4, 0.5) is 0 Å². The van der Waals surface area contributed by atoms with Crippen LogP contribution in [0.25, 0.3) is 16.9 Å². The molecule has 0 N–H and O–H groups in total. The molecule has 0 saturated heterocycles. The van der Waals surface area contributed by atoms with Crippen LogP contribution >= 0.6 is 0 Å². The molecule has 0 saturated carbocycles. The van der Waals surface area contributed by atoms with E-state index in [2.05, 4.69) is 101 Å². The van der Waals surface area contributed by atoms with Gasteiger partial charge >= 0.3 is 0 Å². The van der Waals surface area contributed by atoms with Crippen LogP contribution in [0.15, 0.2) is 84.0 Å². The maximum atomic E-state index is 12.2. The Morgan fingerprint density at radius 2 is 0.606 bits per heavy atom. The predicted octanol–water partition coefficient (Wildman–Crippen LogP) is 23.9. The van der Waals surface area contributed by atoms with Gasteiger partial charge in [0.05, 0.1) is 0 Å². The molecule has 400 valence electrons. The quantitative estimate of drug-likeness (QED) is 0.0359. The van der Waals surface area contributed by atoms with Gasteiger partial charge in [0.25, 0.3) is 0 Å². The number of hydrogen-bond acceptors (Lipinski definition) is 0. The molecule has 0 amide bonds. The Morgan fingerprint density at radius 3 is 0.944 bits per heavy atom. The molecule has 2 nitrogen and oxygen atoms in total. The summed E-state index contributed by atoms with van der Waals surface area (Å²) in [6.45, 7) is 9.14. The molecule has 1 aliphatic heterocycles. The van der Waals surface area contributed by atoms with E-state index in [9.17, 15) is 5.53 Å². The third-order valence-corrected chi connectivity index (χ3v) is 15.8. The summed E-state index contributed by atoms with van der Waals surface area (Å²) in [6, 6.07) is 17.7. The maximum absolute atomic E-state index is 12.2. The minimum atomic E-state index is 0.984. The minimum Gasteiger partial charge on any atom is -0.493 e. The van der Waals surface area contributed by atoms with Gasteiger partial charge in [-0.15, -0.1) is 0 Å². The monoisotopic (exact) mass is 971 g/mol. The second-order valence-electron chi connectivity index (χ2n) is 22.1. The molecule has 0 aliphatic carbocycles. The third-order valence-electron chi connectivity index (χ3n) is 15.8. The van der Waals surface area contributed by atoms with Gasteiger partial charge in [-0.1, -0.05) is 293 Å². The lowest BCUT2D eigenvalue weighted by molar-refractivity contribution is -0.345. The topological polar surface area (TPSA) is 25.3 Å². The Hall–Kier alpha value is -3.00. The fourth-order valence-corrected chi connectivity index (χ4v) is 11.2. The number of nitrogens with zero attached hydrogens (tertiary/aromatic N) is 2. The van der Waals surface area contributed by atoms with Crippen LogP contribution in [-0.2, 0) is 12.8 Å². The molecule has 2 aromatic rings. The predicted molar refractivity (Wildman–Crippen MR) is 317 cm³/mol. The molecule has 0 radical (unpaired) electrons.